The smallest absolute Gasteiger partial charge is 0.0661 e. The molecule has 0 amide bonds. The third-order valence-corrected chi connectivity index (χ3v) is 5.84. The molecule has 3 atom stereocenters. The minimum absolute atomic E-state index is 0.462. The Balaban J connectivity index is 1.52. The summed E-state index contributed by atoms with van der Waals surface area (Å²) < 4.78 is 11.6. The van der Waals surface area contributed by atoms with Crippen LogP contribution in [-0.2, 0) is 9.47 Å². The lowest BCUT2D eigenvalue weighted by Gasteiger charge is -2.58. The third-order valence-electron chi connectivity index (χ3n) is 5.84. The second-order valence-electron chi connectivity index (χ2n) is 7.02. The van der Waals surface area contributed by atoms with Gasteiger partial charge in [0.2, 0.25) is 0 Å². The van der Waals surface area contributed by atoms with Gasteiger partial charge in [0.15, 0.2) is 0 Å². The molecule has 3 fully saturated rings. The van der Waals surface area contributed by atoms with Crippen molar-refractivity contribution in [2.45, 2.75) is 70.4 Å². The van der Waals surface area contributed by atoms with Crippen molar-refractivity contribution in [3.63, 3.8) is 0 Å². The number of hydrogen-bond acceptors (Lipinski definition) is 3. The predicted molar refractivity (Wildman–Crippen MR) is 80.9 cm³/mol. The Morgan fingerprint density at radius 3 is 2.75 bits per heavy atom. The van der Waals surface area contributed by atoms with Crippen LogP contribution < -0.4 is 5.32 Å². The van der Waals surface area contributed by atoms with E-state index in [9.17, 15) is 0 Å². The molecule has 2 aliphatic carbocycles. The molecule has 0 aromatic heterocycles. The van der Waals surface area contributed by atoms with Crippen molar-refractivity contribution >= 4 is 0 Å². The third kappa shape index (κ3) is 2.90. The first-order chi connectivity index (χ1) is 9.85. The molecule has 0 bridgehead atoms. The van der Waals surface area contributed by atoms with E-state index < -0.39 is 0 Å². The van der Waals surface area contributed by atoms with Crippen LogP contribution in [0.25, 0.3) is 0 Å². The maximum absolute atomic E-state index is 6.03. The summed E-state index contributed by atoms with van der Waals surface area (Å²) in [6, 6.07) is 0.696. The lowest BCUT2D eigenvalue weighted by molar-refractivity contribution is -0.151. The monoisotopic (exact) mass is 281 g/mol. The molecule has 1 heterocycles. The quantitative estimate of drug-likeness (QED) is 0.840. The maximum Gasteiger partial charge on any atom is 0.0661 e. The van der Waals surface area contributed by atoms with E-state index in [1.54, 1.807) is 0 Å². The summed E-state index contributed by atoms with van der Waals surface area (Å²) in [4.78, 5) is 0. The van der Waals surface area contributed by atoms with Gasteiger partial charge in [0.1, 0.15) is 0 Å². The van der Waals surface area contributed by atoms with Crippen LogP contribution in [-0.4, -0.2) is 38.5 Å². The lowest BCUT2D eigenvalue weighted by Crippen LogP contribution is -2.65. The fourth-order valence-electron chi connectivity index (χ4n) is 4.63. The minimum Gasteiger partial charge on any atom is -0.381 e. The van der Waals surface area contributed by atoms with Crippen molar-refractivity contribution < 1.29 is 9.47 Å². The Kier molecular flexibility index (Phi) is 5.00. The molecular weight excluding hydrogens is 250 g/mol. The highest BCUT2D eigenvalue weighted by molar-refractivity contribution is 5.09. The summed E-state index contributed by atoms with van der Waals surface area (Å²) in [6.07, 6.45) is 11.3. The van der Waals surface area contributed by atoms with Gasteiger partial charge in [0, 0.05) is 31.2 Å². The van der Waals surface area contributed by atoms with Crippen LogP contribution in [0.3, 0.4) is 0 Å². The summed E-state index contributed by atoms with van der Waals surface area (Å²) in [5.74, 6) is 0.732. The summed E-state index contributed by atoms with van der Waals surface area (Å²) >= 11 is 0. The molecule has 3 aliphatic rings. The molecule has 0 radical (unpaired) electrons. The zero-order chi connectivity index (χ0) is 13.8. The number of hydrogen-bond donors (Lipinski definition) is 1. The highest BCUT2D eigenvalue weighted by atomic mass is 16.5. The first-order valence-corrected chi connectivity index (χ1v) is 8.78. The van der Waals surface area contributed by atoms with Crippen molar-refractivity contribution in [1.29, 1.82) is 0 Å². The zero-order valence-corrected chi connectivity index (χ0v) is 13.0. The van der Waals surface area contributed by atoms with Crippen molar-refractivity contribution in [3.8, 4) is 0 Å². The van der Waals surface area contributed by atoms with Crippen molar-refractivity contribution in [1.82, 2.24) is 5.32 Å². The van der Waals surface area contributed by atoms with E-state index in [-0.39, 0.29) is 0 Å². The topological polar surface area (TPSA) is 30.5 Å². The van der Waals surface area contributed by atoms with E-state index in [2.05, 4.69) is 12.2 Å². The van der Waals surface area contributed by atoms with Crippen LogP contribution in [0.5, 0.6) is 0 Å². The Morgan fingerprint density at radius 1 is 1.20 bits per heavy atom. The molecule has 2 saturated carbocycles. The molecule has 116 valence electrons. The second kappa shape index (κ2) is 6.76. The van der Waals surface area contributed by atoms with E-state index in [0.29, 0.717) is 17.6 Å². The Bertz CT molecular complexity index is 295. The van der Waals surface area contributed by atoms with Gasteiger partial charge < -0.3 is 14.8 Å². The molecular formula is C17H31NO2. The largest absolute Gasteiger partial charge is 0.381 e. The molecule has 3 rings (SSSR count). The average molecular weight is 281 g/mol. The molecule has 20 heavy (non-hydrogen) atoms. The van der Waals surface area contributed by atoms with Crippen LogP contribution in [0.15, 0.2) is 0 Å². The molecule has 1 spiro atoms. The highest BCUT2D eigenvalue weighted by Gasteiger charge is 2.55. The van der Waals surface area contributed by atoms with Gasteiger partial charge in [0.25, 0.3) is 0 Å². The number of ether oxygens (including phenoxy) is 2. The zero-order valence-electron chi connectivity index (χ0n) is 13.0. The first kappa shape index (κ1) is 14.8. The van der Waals surface area contributed by atoms with Gasteiger partial charge >= 0.3 is 0 Å². The van der Waals surface area contributed by atoms with E-state index in [1.807, 2.05) is 0 Å². The van der Waals surface area contributed by atoms with Gasteiger partial charge in [-0.15, -0.1) is 0 Å². The van der Waals surface area contributed by atoms with Gasteiger partial charge in [-0.05, 0) is 44.9 Å². The summed E-state index contributed by atoms with van der Waals surface area (Å²) in [7, 11) is 0. The normalized spacial score (nSPS) is 36.8. The van der Waals surface area contributed by atoms with Gasteiger partial charge in [-0.2, -0.15) is 0 Å². The Labute approximate surface area is 123 Å². The van der Waals surface area contributed by atoms with E-state index >= 15 is 0 Å². The molecule has 1 saturated heterocycles. The lowest BCUT2D eigenvalue weighted by atomic mass is 9.55. The van der Waals surface area contributed by atoms with Gasteiger partial charge in [-0.3, -0.25) is 0 Å². The van der Waals surface area contributed by atoms with E-state index in [0.717, 1.165) is 32.3 Å². The van der Waals surface area contributed by atoms with E-state index in [4.69, 9.17) is 9.47 Å². The van der Waals surface area contributed by atoms with Crippen molar-refractivity contribution in [2.75, 3.05) is 26.4 Å². The summed E-state index contributed by atoms with van der Waals surface area (Å²) in [5, 5.41) is 3.88. The Hall–Kier alpha value is -0.120. The average Bonchev–Trinajstić information content (AvgIpc) is 2.52. The standard InChI is InChI=1S/C17H31NO2/c1-2-20-16-11-15(17(16)8-4-3-5-9-17)18-12-14-7-6-10-19-13-14/h14-16,18H,2-13H2,1H3. The highest BCUT2D eigenvalue weighted by Crippen LogP contribution is 2.53. The molecule has 3 heteroatoms. The molecule has 1 N–H and O–H groups in total. The second-order valence-corrected chi connectivity index (χ2v) is 7.02. The molecule has 3 nitrogen and oxygen atoms in total. The molecule has 0 aromatic rings. The fourth-order valence-corrected chi connectivity index (χ4v) is 4.63. The van der Waals surface area contributed by atoms with Crippen LogP contribution in [0.1, 0.15) is 58.3 Å². The van der Waals surface area contributed by atoms with Crippen LogP contribution >= 0.6 is 0 Å². The van der Waals surface area contributed by atoms with Crippen LogP contribution in [0, 0.1) is 11.3 Å². The molecule has 1 aliphatic heterocycles. The van der Waals surface area contributed by atoms with Crippen LogP contribution in [0.4, 0.5) is 0 Å². The molecule has 3 unspecified atom stereocenters. The van der Waals surface area contributed by atoms with Crippen LogP contribution in [0.2, 0.25) is 0 Å². The predicted octanol–water partition coefficient (Wildman–Crippen LogP) is 3.13. The van der Waals surface area contributed by atoms with Gasteiger partial charge in [-0.25, -0.2) is 0 Å². The minimum atomic E-state index is 0.462. The number of rotatable bonds is 5. The molecule has 0 aromatic carbocycles. The van der Waals surface area contributed by atoms with Gasteiger partial charge in [0.05, 0.1) is 12.7 Å². The van der Waals surface area contributed by atoms with Crippen molar-refractivity contribution in [3.05, 3.63) is 0 Å². The fraction of sp³-hybridized carbons (Fsp3) is 1.00. The SMILES string of the molecule is CCOC1CC(NCC2CCCOC2)C12CCCCC2. The Morgan fingerprint density at radius 2 is 2.05 bits per heavy atom. The number of nitrogens with one attached hydrogen (secondary N) is 1. The summed E-state index contributed by atoms with van der Waals surface area (Å²) in [6.45, 7) is 6.08. The first-order valence-electron chi connectivity index (χ1n) is 8.78. The maximum atomic E-state index is 6.03. The van der Waals surface area contributed by atoms with E-state index in [1.165, 1.54) is 51.4 Å². The van der Waals surface area contributed by atoms with Gasteiger partial charge in [-0.1, -0.05) is 19.3 Å². The summed E-state index contributed by atoms with van der Waals surface area (Å²) in [5.41, 5.74) is 0.462. The van der Waals surface area contributed by atoms with Crippen molar-refractivity contribution in [2.24, 2.45) is 11.3 Å².